The van der Waals surface area contributed by atoms with E-state index in [4.69, 9.17) is 9.98 Å². The summed E-state index contributed by atoms with van der Waals surface area (Å²) in [5.74, 6) is 0. The first-order valence-corrected chi connectivity index (χ1v) is 11.0. The minimum absolute atomic E-state index is 0.936. The largest absolute Gasteiger partial charge is 0.353 e. The summed E-state index contributed by atoms with van der Waals surface area (Å²) in [6, 6.07) is 37.5. The van der Waals surface area contributed by atoms with Crippen LogP contribution in [0.5, 0.6) is 0 Å². The molecule has 0 aliphatic carbocycles. The second-order valence-corrected chi connectivity index (χ2v) is 8.05. The van der Waals surface area contributed by atoms with Gasteiger partial charge in [0.2, 0.25) is 0 Å². The van der Waals surface area contributed by atoms with Crippen LogP contribution in [0, 0.1) is 0 Å². The lowest BCUT2D eigenvalue weighted by atomic mass is 10.0. The predicted molar refractivity (Wildman–Crippen MR) is 141 cm³/mol. The molecule has 3 heteroatoms. The van der Waals surface area contributed by atoms with Crippen LogP contribution in [-0.2, 0) is 0 Å². The summed E-state index contributed by atoms with van der Waals surface area (Å²) < 4.78 is 0. The van der Waals surface area contributed by atoms with Gasteiger partial charge < -0.3 is 4.98 Å². The summed E-state index contributed by atoms with van der Waals surface area (Å²) in [7, 11) is 0. The molecule has 1 N–H and O–H groups in total. The molecule has 0 aliphatic heterocycles. The highest BCUT2D eigenvalue weighted by atomic mass is 14.8. The molecule has 1 aromatic heterocycles. The average molecular weight is 424 g/mol. The lowest BCUT2D eigenvalue weighted by molar-refractivity contribution is 1.35. The standard InChI is InChI=1S/C30H21N3/c1-4-12-26-21(8-1)11-7-15-29(26)31-19-24-16-17-25(33-24)20-32-30-27-13-5-2-9-22(27)18-23-10-3-6-14-28(23)30/h1-20,33H. The van der Waals surface area contributed by atoms with Crippen molar-refractivity contribution in [2.24, 2.45) is 9.98 Å². The molecule has 0 fully saturated rings. The second-order valence-electron chi connectivity index (χ2n) is 8.05. The molecule has 3 nitrogen and oxygen atoms in total. The van der Waals surface area contributed by atoms with E-state index in [1.54, 1.807) is 0 Å². The average Bonchev–Trinajstić information content (AvgIpc) is 3.33. The van der Waals surface area contributed by atoms with Gasteiger partial charge in [0.25, 0.3) is 0 Å². The van der Waals surface area contributed by atoms with Crippen molar-refractivity contribution >= 4 is 56.1 Å². The Morgan fingerprint density at radius 3 is 1.73 bits per heavy atom. The van der Waals surface area contributed by atoms with Gasteiger partial charge in [0, 0.05) is 16.2 Å². The number of fused-ring (bicyclic) bond motifs is 3. The van der Waals surface area contributed by atoms with Gasteiger partial charge in [-0.15, -0.1) is 0 Å². The molecule has 0 saturated heterocycles. The first kappa shape index (κ1) is 19.2. The summed E-state index contributed by atoms with van der Waals surface area (Å²) in [4.78, 5) is 13.0. The van der Waals surface area contributed by atoms with Crippen LogP contribution in [0.15, 0.2) is 119 Å². The maximum absolute atomic E-state index is 4.90. The number of aliphatic imine (C=N–C) groups is 2. The number of aromatic nitrogens is 1. The molecular weight excluding hydrogens is 402 g/mol. The predicted octanol–water partition coefficient (Wildman–Crippen LogP) is 7.98. The molecule has 0 radical (unpaired) electrons. The number of nitrogens with zero attached hydrogens (tertiary/aromatic N) is 2. The number of aromatic amines is 1. The molecular formula is C30H21N3. The van der Waals surface area contributed by atoms with Gasteiger partial charge in [-0.25, -0.2) is 0 Å². The van der Waals surface area contributed by atoms with Crippen molar-refractivity contribution in [2.45, 2.75) is 0 Å². The van der Waals surface area contributed by atoms with Crippen LogP contribution in [0.4, 0.5) is 11.4 Å². The lowest BCUT2D eigenvalue weighted by Crippen LogP contribution is -1.85. The van der Waals surface area contributed by atoms with E-state index in [1.165, 1.54) is 16.2 Å². The molecule has 0 amide bonds. The Bertz CT molecular complexity index is 1610. The number of H-pyrrole nitrogens is 1. The van der Waals surface area contributed by atoms with Gasteiger partial charge in [0.05, 0.1) is 35.2 Å². The van der Waals surface area contributed by atoms with Gasteiger partial charge in [0.15, 0.2) is 0 Å². The molecule has 0 atom stereocenters. The zero-order chi connectivity index (χ0) is 22.0. The summed E-state index contributed by atoms with van der Waals surface area (Å²) in [6.07, 6.45) is 3.76. The van der Waals surface area contributed by atoms with E-state index in [2.05, 4.69) is 77.8 Å². The quantitative estimate of drug-likeness (QED) is 0.221. The first-order chi connectivity index (χ1) is 16.3. The lowest BCUT2D eigenvalue weighted by Gasteiger charge is -2.07. The van der Waals surface area contributed by atoms with E-state index in [0.29, 0.717) is 0 Å². The third-order valence-electron chi connectivity index (χ3n) is 5.92. The molecule has 6 aromatic rings. The van der Waals surface area contributed by atoms with Crippen molar-refractivity contribution in [2.75, 3.05) is 0 Å². The van der Waals surface area contributed by atoms with E-state index in [1.807, 2.05) is 48.8 Å². The fourth-order valence-corrected chi connectivity index (χ4v) is 4.30. The zero-order valence-corrected chi connectivity index (χ0v) is 17.9. The monoisotopic (exact) mass is 423 g/mol. The molecule has 6 rings (SSSR count). The van der Waals surface area contributed by atoms with E-state index in [-0.39, 0.29) is 0 Å². The summed E-state index contributed by atoms with van der Waals surface area (Å²) in [6.45, 7) is 0. The minimum Gasteiger partial charge on any atom is -0.353 e. The van der Waals surface area contributed by atoms with E-state index in [0.717, 1.165) is 38.9 Å². The fourth-order valence-electron chi connectivity index (χ4n) is 4.30. The van der Waals surface area contributed by atoms with Crippen molar-refractivity contribution in [1.82, 2.24) is 4.98 Å². The van der Waals surface area contributed by atoms with Gasteiger partial charge in [-0.05, 0) is 40.4 Å². The van der Waals surface area contributed by atoms with Gasteiger partial charge in [-0.3, -0.25) is 9.98 Å². The van der Waals surface area contributed by atoms with Crippen LogP contribution in [0.3, 0.4) is 0 Å². The van der Waals surface area contributed by atoms with E-state index >= 15 is 0 Å². The molecule has 1 heterocycles. The Kier molecular flexibility index (Phi) is 4.78. The highest BCUT2D eigenvalue weighted by Gasteiger charge is 2.06. The van der Waals surface area contributed by atoms with Gasteiger partial charge in [-0.2, -0.15) is 0 Å². The Labute approximate surface area is 191 Å². The highest BCUT2D eigenvalue weighted by Crippen LogP contribution is 2.34. The maximum atomic E-state index is 4.90. The molecule has 0 spiro atoms. The van der Waals surface area contributed by atoms with E-state index in [9.17, 15) is 0 Å². The van der Waals surface area contributed by atoms with Crippen LogP contribution in [0.2, 0.25) is 0 Å². The van der Waals surface area contributed by atoms with Crippen molar-refractivity contribution in [3.05, 3.63) is 121 Å². The fraction of sp³-hybridized carbons (Fsp3) is 0. The van der Waals surface area contributed by atoms with Crippen molar-refractivity contribution < 1.29 is 0 Å². The number of hydrogen-bond acceptors (Lipinski definition) is 2. The molecule has 0 unspecified atom stereocenters. The smallest absolute Gasteiger partial charge is 0.0787 e. The van der Waals surface area contributed by atoms with Crippen molar-refractivity contribution in [1.29, 1.82) is 0 Å². The van der Waals surface area contributed by atoms with Gasteiger partial charge >= 0.3 is 0 Å². The van der Waals surface area contributed by atoms with Crippen LogP contribution >= 0.6 is 0 Å². The van der Waals surface area contributed by atoms with Crippen molar-refractivity contribution in [3.63, 3.8) is 0 Å². The zero-order valence-electron chi connectivity index (χ0n) is 17.9. The summed E-state index contributed by atoms with van der Waals surface area (Å²) >= 11 is 0. The number of benzene rings is 5. The number of nitrogens with one attached hydrogen (secondary N) is 1. The minimum atomic E-state index is 0.936. The molecule has 0 bridgehead atoms. The molecule has 0 aliphatic rings. The first-order valence-electron chi connectivity index (χ1n) is 11.0. The molecule has 156 valence electrons. The number of rotatable bonds is 4. The van der Waals surface area contributed by atoms with Crippen LogP contribution < -0.4 is 0 Å². The highest BCUT2D eigenvalue weighted by molar-refractivity contribution is 6.11. The normalized spacial score (nSPS) is 12.0. The Balaban J connectivity index is 1.33. The van der Waals surface area contributed by atoms with Gasteiger partial charge in [0.1, 0.15) is 0 Å². The second kappa shape index (κ2) is 8.21. The molecule has 5 aromatic carbocycles. The Morgan fingerprint density at radius 1 is 0.485 bits per heavy atom. The third kappa shape index (κ3) is 3.70. The van der Waals surface area contributed by atoms with E-state index < -0.39 is 0 Å². The number of hydrogen-bond donors (Lipinski definition) is 1. The molecule has 33 heavy (non-hydrogen) atoms. The van der Waals surface area contributed by atoms with Crippen LogP contribution in [0.25, 0.3) is 32.3 Å². The Hall–Kier alpha value is -4.50. The summed E-state index contributed by atoms with van der Waals surface area (Å²) in [5.41, 5.74) is 3.82. The van der Waals surface area contributed by atoms with Crippen LogP contribution in [-0.4, -0.2) is 17.4 Å². The Morgan fingerprint density at radius 2 is 1.03 bits per heavy atom. The summed E-state index contributed by atoms with van der Waals surface area (Å²) in [5, 5.41) is 7.02. The topological polar surface area (TPSA) is 40.5 Å². The third-order valence-corrected chi connectivity index (χ3v) is 5.92. The van der Waals surface area contributed by atoms with Gasteiger partial charge in [-0.1, -0.05) is 84.9 Å². The SMILES string of the molecule is C(=Nc1cccc2ccccc12)c1ccc(C=Nc2c3ccccc3cc3ccccc23)[nH]1. The van der Waals surface area contributed by atoms with Crippen LogP contribution in [0.1, 0.15) is 11.4 Å². The maximum Gasteiger partial charge on any atom is 0.0787 e. The molecule has 0 saturated carbocycles. The van der Waals surface area contributed by atoms with Crippen molar-refractivity contribution in [3.8, 4) is 0 Å².